The Hall–Kier alpha value is -4.90. The molecular formula is C28H28N10O. The van der Waals surface area contributed by atoms with Crippen LogP contribution in [-0.4, -0.2) is 47.5 Å². The maximum absolute atomic E-state index is 13.1. The van der Waals surface area contributed by atoms with Crippen molar-refractivity contribution in [3.05, 3.63) is 85.2 Å². The van der Waals surface area contributed by atoms with E-state index in [9.17, 15) is 4.79 Å². The molecule has 4 aromatic heterocycles. The number of rotatable bonds is 7. The van der Waals surface area contributed by atoms with Crippen molar-refractivity contribution in [3.63, 3.8) is 0 Å². The topological polar surface area (TPSA) is 148 Å². The van der Waals surface area contributed by atoms with Crippen molar-refractivity contribution < 1.29 is 4.79 Å². The molecule has 0 radical (unpaired) electrons. The Kier molecular flexibility index (Phi) is 6.79. The van der Waals surface area contributed by atoms with Crippen LogP contribution in [0.15, 0.2) is 79.5 Å². The van der Waals surface area contributed by atoms with Crippen LogP contribution in [0, 0.1) is 0 Å². The lowest BCUT2D eigenvalue weighted by Gasteiger charge is -2.27. The highest BCUT2D eigenvalue weighted by Gasteiger charge is 2.21. The summed E-state index contributed by atoms with van der Waals surface area (Å²) in [5.74, 6) is 1.28. The van der Waals surface area contributed by atoms with Gasteiger partial charge in [-0.25, -0.2) is 24.5 Å². The largest absolute Gasteiger partial charge is 0.366 e. The fourth-order valence-electron chi connectivity index (χ4n) is 4.71. The lowest BCUT2D eigenvalue weighted by Crippen LogP contribution is -2.33. The number of amides is 1. The first kappa shape index (κ1) is 24.4. The molecule has 1 saturated carbocycles. The minimum absolute atomic E-state index is 0.242. The van der Waals surface area contributed by atoms with Gasteiger partial charge >= 0.3 is 0 Å². The number of nitrogens with zero attached hydrogens (tertiary/aromatic N) is 6. The number of nitrogens with two attached hydrogens (primary N) is 1. The van der Waals surface area contributed by atoms with Gasteiger partial charge in [-0.3, -0.25) is 4.79 Å². The van der Waals surface area contributed by atoms with E-state index in [2.05, 4.69) is 35.9 Å². The molecule has 0 saturated heterocycles. The Morgan fingerprint density at radius 1 is 0.872 bits per heavy atom. The molecule has 0 bridgehead atoms. The highest BCUT2D eigenvalue weighted by Crippen LogP contribution is 2.27. The molecule has 1 amide bonds. The van der Waals surface area contributed by atoms with Crippen LogP contribution in [0.3, 0.4) is 0 Å². The van der Waals surface area contributed by atoms with Crippen LogP contribution in [0.5, 0.6) is 0 Å². The number of hydrogen-bond acceptors (Lipinski definition) is 9. The van der Waals surface area contributed by atoms with E-state index in [1.165, 1.54) is 17.0 Å². The number of aromatic nitrogens is 6. The molecule has 39 heavy (non-hydrogen) atoms. The number of carbonyl (C=O) groups is 1. The number of imidazole rings is 1. The van der Waals surface area contributed by atoms with E-state index in [4.69, 9.17) is 10.8 Å². The van der Waals surface area contributed by atoms with Crippen LogP contribution >= 0.6 is 0 Å². The van der Waals surface area contributed by atoms with Gasteiger partial charge in [-0.15, -0.1) is 5.10 Å². The summed E-state index contributed by atoms with van der Waals surface area (Å²) >= 11 is 0. The Morgan fingerprint density at radius 3 is 2.46 bits per heavy atom. The fraction of sp³-hybridized carbons (Fsp3) is 0.214. The van der Waals surface area contributed by atoms with Crippen molar-refractivity contribution in [2.75, 3.05) is 16.0 Å². The van der Waals surface area contributed by atoms with Crippen molar-refractivity contribution in [1.82, 2.24) is 29.5 Å². The predicted molar refractivity (Wildman–Crippen MR) is 150 cm³/mol. The third kappa shape index (κ3) is 5.53. The molecule has 0 spiro atoms. The first-order valence-electron chi connectivity index (χ1n) is 12.9. The van der Waals surface area contributed by atoms with Gasteiger partial charge in [0.15, 0.2) is 11.3 Å². The van der Waals surface area contributed by atoms with Gasteiger partial charge in [0.2, 0.25) is 0 Å². The monoisotopic (exact) mass is 520 g/mol. The summed E-state index contributed by atoms with van der Waals surface area (Å²) in [5.41, 5.74) is 9.64. The lowest BCUT2D eigenvalue weighted by atomic mass is 9.92. The predicted octanol–water partition coefficient (Wildman–Crippen LogP) is 4.26. The van der Waals surface area contributed by atoms with Crippen LogP contribution in [0.4, 0.5) is 23.1 Å². The van der Waals surface area contributed by atoms with Crippen LogP contribution in [0.25, 0.3) is 16.8 Å². The summed E-state index contributed by atoms with van der Waals surface area (Å²) in [7, 11) is 0. The molecule has 0 unspecified atom stereocenters. The molecule has 5 aromatic rings. The molecule has 11 nitrogen and oxygen atoms in total. The Bertz CT molecular complexity index is 1560. The van der Waals surface area contributed by atoms with Crippen LogP contribution in [0.1, 0.15) is 36.2 Å². The molecule has 0 aliphatic heterocycles. The first-order chi connectivity index (χ1) is 19.1. The molecule has 4 heterocycles. The van der Waals surface area contributed by atoms with Crippen molar-refractivity contribution >= 4 is 34.7 Å². The molecule has 1 aromatic carbocycles. The second-order valence-electron chi connectivity index (χ2n) is 9.55. The summed E-state index contributed by atoms with van der Waals surface area (Å²) in [6, 6.07) is 18.0. The Morgan fingerprint density at radius 2 is 1.72 bits per heavy atom. The second kappa shape index (κ2) is 10.8. The zero-order chi connectivity index (χ0) is 26.6. The zero-order valence-electron chi connectivity index (χ0n) is 21.2. The van der Waals surface area contributed by atoms with Gasteiger partial charge < -0.3 is 21.7 Å². The number of benzene rings is 1. The molecule has 1 aliphatic rings. The molecule has 5 N–H and O–H groups in total. The number of hydrogen-bond donors (Lipinski definition) is 4. The van der Waals surface area contributed by atoms with Gasteiger partial charge in [-0.05, 0) is 49.4 Å². The van der Waals surface area contributed by atoms with Gasteiger partial charge in [-0.2, -0.15) is 0 Å². The van der Waals surface area contributed by atoms with E-state index in [0.717, 1.165) is 36.8 Å². The van der Waals surface area contributed by atoms with E-state index in [1.54, 1.807) is 12.3 Å². The lowest BCUT2D eigenvalue weighted by molar-refractivity contribution is 0.102. The highest BCUT2D eigenvalue weighted by molar-refractivity contribution is 6.03. The van der Waals surface area contributed by atoms with Crippen LogP contribution < -0.4 is 21.7 Å². The summed E-state index contributed by atoms with van der Waals surface area (Å²) in [6.07, 6.45) is 10.1. The van der Waals surface area contributed by atoms with Gasteiger partial charge in [0.1, 0.15) is 23.8 Å². The number of carbonyl (C=O) groups excluding carboxylic acids is 1. The molecule has 0 atom stereocenters. The fourth-order valence-corrected chi connectivity index (χ4v) is 4.71. The Labute approximate surface area is 224 Å². The molecule has 6 rings (SSSR count). The normalized spacial score (nSPS) is 17.1. The summed E-state index contributed by atoms with van der Waals surface area (Å²) in [6.45, 7) is 0. The van der Waals surface area contributed by atoms with Crippen LogP contribution in [-0.2, 0) is 0 Å². The second-order valence-corrected chi connectivity index (χ2v) is 9.55. The van der Waals surface area contributed by atoms with Gasteiger partial charge in [-0.1, -0.05) is 30.3 Å². The average molecular weight is 521 g/mol. The van der Waals surface area contributed by atoms with E-state index in [1.807, 2.05) is 54.7 Å². The maximum Gasteiger partial charge on any atom is 0.277 e. The number of nitrogens with one attached hydrogen (secondary N) is 3. The number of anilines is 4. The molecular weight excluding hydrogens is 492 g/mol. The maximum atomic E-state index is 13.1. The zero-order valence-corrected chi connectivity index (χ0v) is 21.2. The van der Waals surface area contributed by atoms with Crippen molar-refractivity contribution in [2.45, 2.75) is 37.8 Å². The van der Waals surface area contributed by atoms with E-state index in [-0.39, 0.29) is 23.7 Å². The molecule has 11 heteroatoms. The van der Waals surface area contributed by atoms with E-state index in [0.29, 0.717) is 28.8 Å². The number of fused-ring (bicyclic) bond motifs is 1. The summed E-state index contributed by atoms with van der Waals surface area (Å²) in [5, 5.41) is 14.4. The summed E-state index contributed by atoms with van der Waals surface area (Å²) < 4.78 is 1.54. The standard InChI is InChI=1S/C28H28N10O/c29-20-7-9-21(10-8-20)34-26-14-22(35-24-11-6-19(15-31-24)18-4-2-1-3-5-18)27-32-16-23(38(27)37-26)28(39)36-25-12-13-30-17-33-25/h1-6,11-17,20-21H,7-10,29H2,(H,31,35)(H,34,37)(H,30,33,36,39). The highest BCUT2D eigenvalue weighted by atomic mass is 16.2. The van der Waals surface area contributed by atoms with Crippen molar-refractivity contribution in [3.8, 4) is 11.1 Å². The first-order valence-corrected chi connectivity index (χ1v) is 12.9. The van der Waals surface area contributed by atoms with Crippen molar-refractivity contribution in [2.24, 2.45) is 5.73 Å². The van der Waals surface area contributed by atoms with E-state index >= 15 is 0 Å². The van der Waals surface area contributed by atoms with Gasteiger partial charge in [0.25, 0.3) is 5.91 Å². The third-order valence-electron chi connectivity index (χ3n) is 6.78. The summed E-state index contributed by atoms with van der Waals surface area (Å²) in [4.78, 5) is 30.2. The number of pyridine rings is 1. The van der Waals surface area contributed by atoms with Crippen LogP contribution in [0.2, 0.25) is 0 Å². The molecule has 196 valence electrons. The third-order valence-corrected chi connectivity index (χ3v) is 6.78. The average Bonchev–Trinajstić information content (AvgIpc) is 3.40. The van der Waals surface area contributed by atoms with E-state index < -0.39 is 0 Å². The Balaban J connectivity index is 1.32. The molecule has 1 fully saturated rings. The molecule has 1 aliphatic carbocycles. The van der Waals surface area contributed by atoms with Gasteiger partial charge in [0.05, 0.1) is 11.9 Å². The minimum atomic E-state index is -0.384. The SMILES string of the molecule is NC1CCC(Nc2cc(Nc3ccc(-c4ccccc4)cn3)c3ncc(C(=O)Nc4ccncn4)n3n2)CC1. The quantitative estimate of drug-likeness (QED) is 0.247. The van der Waals surface area contributed by atoms with Crippen molar-refractivity contribution in [1.29, 1.82) is 0 Å². The van der Waals surface area contributed by atoms with Gasteiger partial charge in [0, 0.05) is 36.1 Å². The minimum Gasteiger partial charge on any atom is -0.366 e. The smallest absolute Gasteiger partial charge is 0.277 e.